The van der Waals surface area contributed by atoms with E-state index in [-0.39, 0.29) is 22.0 Å². The summed E-state index contributed by atoms with van der Waals surface area (Å²) in [7, 11) is -4.75. The molecule has 9 nitrogen and oxygen atoms in total. The van der Waals surface area contributed by atoms with Gasteiger partial charge in [0.2, 0.25) is 10.0 Å². The number of nitrogens with one attached hydrogen (secondary N) is 2. The van der Waals surface area contributed by atoms with Crippen molar-refractivity contribution in [3.63, 3.8) is 0 Å². The topological polar surface area (TPSA) is 123 Å². The molecule has 0 aromatic heterocycles. The van der Waals surface area contributed by atoms with Gasteiger partial charge in [-0.1, -0.05) is 6.07 Å². The molecule has 0 radical (unpaired) electrons. The standard InChI is InChI=1S/C17H19N3O6S2/c1-25-15-6-3-12(9-16(15)26-2)7-8-19-27(21,22)13-4-5-14-17(10-13)28(23,24)20-11-18-14/h3-6,9-11,19H,7-8H2,1-2H3,(H,18,20). The molecule has 0 saturated carbocycles. The molecule has 0 amide bonds. The van der Waals surface area contributed by atoms with Crippen LogP contribution in [-0.4, -0.2) is 43.9 Å². The molecule has 0 fully saturated rings. The normalized spacial score (nSPS) is 14.8. The van der Waals surface area contributed by atoms with Crippen LogP contribution in [0, 0.1) is 0 Å². The van der Waals surface area contributed by atoms with E-state index >= 15 is 0 Å². The highest BCUT2D eigenvalue weighted by molar-refractivity contribution is 7.91. The van der Waals surface area contributed by atoms with E-state index in [9.17, 15) is 16.8 Å². The van der Waals surface area contributed by atoms with Crippen molar-refractivity contribution in [1.29, 1.82) is 0 Å². The van der Waals surface area contributed by atoms with E-state index in [0.717, 1.165) is 18.0 Å². The number of benzene rings is 2. The van der Waals surface area contributed by atoms with Gasteiger partial charge >= 0.3 is 0 Å². The monoisotopic (exact) mass is 425 g/mol. The third-order valence-corrected chi connectivity index (χ3v) is 6.84. The van der Waals surface area contributed by atoms with Crippen LogP contribution in [0.15, 0.2) is 50.6 Å². The second-order valence-electron chi connectivity index (χ2n) is 5.85. The summed E-state index contributed by atoms with van der Waals surface area (Å²) in [4.78, 5) is -0.334. The Balaban J connectivity index is 1.73. The second kappa shape index (κ2) is 7.78. The molecule has 0 bridgehead atoms. The molecule has 11 heteroatoms. The molecular weight excluding hydrogens is 406 g/mol. The molecule has 3 rings (SSSR count). The first-order valence-electron chi connectivity index (χ1n) is 8.17. The Labute approximate surface area is 163 Å². The van der Waals surface area contributed by atoms with Gasteiger partial charge in [0.15, 0.2) is 11.5 Å². The number of anilines is 1. The highest BCUT2D eigenvalue weighted by atomic mass is 32.2. The van der Waals surface area contributed by atoms with Crippen molar-refractivity contribution in [2.75, 3.05) is 26.1 Å². The van der Waals surface area contributed by atoms with Crippen molar-refractivity contribution in [3.05, 3.63) is 42.0 Å². The lowest BCUT2D eigenvalue weighted by molar-refractivity contribution is 0.354. The summed E-state index contributed by atoms with van der Waals surface area (Å²) in [5, 5.41) is 2.67. The lowest BCUT2D eigenvalue weighted by Gasteiger charge is -2.14. The molecular formula is C17H19N3O6S2. The largest absolute Gasteiger partial charge is 0.493 e. The molecule has 1 aliphatic heterocycles. The van der Waals surface area contributed by atoms with Crippen LogP contribution >= 0.6 is 0 Å². The summed E-state index contributed by atoms with van der Waals surface area (Å²) < 4.78 is 65.3. The quantitative estimate of drug-likeness (QED) is 0.687. The molecule has 0 atom stereocenters. The Morgan fingerprint density at radius 1 is 1.07 bits per heavy atom. The van der Waals surface area contributed by atoms with Crippen LogP contribution in [0.5, 0.6) is 11.5 Å². The summed E-state index contributed by atoms with van der Waals surface area (Å²) in [6.07, 6.45) is 1.46. The highest BCUT2D eigenvalue weighted by Crippen LogP contribution is 2.29. The molecule has 2 N–H and O–H groups in total. The van der Waals surface area contributed by atoms with Crippen LogP contribution in [0.3, 0.4) is 0 Å². The van der Waals surface area contributed by atoms with Gasteiger partial charge in [-0.25, -0.2) is 13.1 Å². The smallest absolute Gasteiger partial charge is 0.285 e. The van der Waals surface area contributed by atoms with Gasteiger partial charge in [0.05, 0.1) is 24.8 Å². The predicted molar refractivity (Wildman–Crippen MR) is 104 cm³/mol. The SMILES string of the molecule is COc1ccc(CCNS(=O)(=O)c2ccc3c(c2)S(=O)(=O)N=CN3)cc1OC. The number of nitrogens with zero attached hydrogens (tertiary/aromatic N) is 1. The Hall–Kier alpha value is -2.63. The average molecular weight is 425 g/mol. The number of fused-ring (bicyclic) bond motifs is 1. The summed E-state index contributed by atoms with van der Waals surface area (Å²) >= 11 is 0. The van der Waals surface area contributed by atoms with E-state index in [4.69, 9.17) is 9.47 Å². The fourth-order valence-electron chi connectivity index (χ4n) is 2.67. The van der Waals surface area contributed by atoms with Gasteiger partial charge in [0.25, 0.3) is 10.0 Å². The van der Waals surface area contributed by atoms with Gasteiger partial charge in [-0.15, -0.1) is 4.40 Å². The van der Waals surface area contributed by atoms with Crippen molar-refractivity contribution < 1.29 is 26.3 Å². The molecule has 0 saturated heterocycles. The molecule has 28 heavy (non-hydrogen) atoms. The first-order chi connectivity index (χ1) is 13.3. The van der Waals surface area contributed by atoms with E-state index in [2.05, 4.69) is 14.4 Å². The predicted octanol–water partition coefficient (Wildman–Crippen LogP) is 1.37. The number of sulfonamides is 2. The Morgan fingerprint density at radius 3 is 2.54 bits per heavy atom. The molecule has 0 spiro atoms. The minimum absolute atomic E-state index is 0.123. The van der Waals surface area contributed by atoms with Crippen molar-refractivity contribution >= 4 is 32.1 Å². The molecule has 1 aliphatic rings. The van der Waals surface area contributed by atoms with Crippen LogP contribution < -0.4 is 19.5 Å². The van der Waals surface area contributed by atoms with E-state index in [1.807, 2.05) is 6.07 Å². The lowest BCUT2D eigenvalue weighted by atomic mass is 10.1. The van der Waals surface area contributed by atoms with E-state index in [1.54, 1.807) is 12.1 Å². The van der Waals surface area contributed by atoms with E-state index in [0.29, 0.717) is 17.9 Å². The Morgan fingerprint density at radius 2 is 1.82 bits per heavy atom. The first kappa shape index (κ1) is 20.1. The fourth-order valence-corrected chi connectivity index (χ4v) is 4.79. The zero-order valence-corrected chi connectivity index (χ0v) is 16.8. The number of methoxy groups -OCH3 is 2. The summed E-state index contributed by atoms with van der Waals surface area (Å²) in [6, 6.07) is 9.13. The minimum Gasteiger partial charge on any atom is -0.493 e. The number of ether oxygens (including phenoxy) is 2. The summed E-state index contributed by atoms with van der Waals surface area (Å²) in [5.41, 5.74) is 1.13. The van der Waals surface area contributed by atoms with Crippen LogP contribution in [0.1, 0.15) is 5.56 Å². The van der Waals surface area contributed by atoms with Crippen molar-refractivity contribution in [2.45, 2.75) is 16.2 Å². The summed E-state index contributed by atoms with van der Waals surface area (Å²) in [5.74, 6) is 1.13. The van der Waals surface area contributed by atoms with Gasteiger partial charge in [0.1, 0.15) is 11.2 Å². The minimum atomic E-state index is -3.91. The number of rotatable bonds is 7. The molecule has 1 heterocycles. The van der Waals surface area contributed by atoms with Gasteiger partial charge in [-0.05, 0) is 42.3 Å². The molecule has 0 unspecified atom stereocenters. The zero-order valence-electron chi connectivity index (χ0n) is 15.2. The first-order valence-corrected chi connectivity index (χ1v) is 11.1. The van der Waals surface area contributed by atoms with Crippen LogP contribution in [0.2, 0.25) is 0 Å². The zero-order chi connectivity index (χ0) is 20.4. The third kappa shape index (κ3) is 4.11. The van der Waals surface area contributed by atoms with Gasteiger partial charge in [-0.3, -0.25) is 0 Å². The molecule has 0 aliphatic carbocycles. The maximum absolute atomic E-state index is 12.5. The van der Waals surface area contributed by atoms with Crippen LogP contribution in [0.25, 0.3) is 0 Å². The van der Waals surface area contributed by atoms with Crippen LogP contribution in [-0.2, 0) is 26.5 Å². The number of hydrogen-bond acceptors (Lipinski definition) is 7. The van der Waals surface area contributed by atoms with Crippen molar-refractivity contribution in [1.82, 2.24) is 4.72 Å². The van der Waals surface area contributed by atoms with E-state index in [1.165, 1.54) is 26.4 Å². The van der Waals surface area contributed by atoms with Crippen molar-refractivity contribution in [3.8, 4) is 11.5 Å². The summed E-state index contributed by atoms with van der Waals surface area (Å²) in [6.45, 7) is 0.123. The van der Waals surface area contributed by atoms with Crippen LogP contribution in [0.4, 0.5) is 5.69 Å². The maximum Gasteiger partial charge on any atom is 0.285 e. The molecule has 2 aromatic rings. The molecule has 2 aromatic carbocycles. The third-order valence-electron chi connectivity index (χ3n) is 4.11. The Kier molecular flexibility index (Phi) is 5.59. The van der Waals surface area contributed by atoms with Crippen molar-refractivity contribution in [2.24, 2.45) is 4.40 Å². The highest BCUT2D eigenvalue weighted by Gasteiger charge is 2.24. The number of hydrogen-bond donors (Lipinski definition) is 2. The lowest BCUT2D eigenvalue weighted by Crippen LogP contribution is -2.26. The molecule has 150 valence electrons. The van der Waals surface area contributed by atoms with Gasteiger partial charge < -0.3 is 14.8 Å². The average Bonchev–Trinajstić information content (AvgIpc) is 2.67. The van der Waals surface area contributed by atoms with Gasteiger partial charge in [0, 0.05) is 6.54 Å². The fraction of sp³-hybridized carbons (Fsp3) is 0.235. The van der Waals surface area contributed by atoms with E-state index < -0.39 is 20.0 Å². The Bertz CT molecular complexity index is 1130. The maximum atomic E-state index is 12.5. The van der Waals surface area contributed by atoms with Gasteiger partial charge in [-0.2, -0.15) is 8.42 Å². The second-order valence-corrected chi connectivity index (χ2v) is 9.22.